The lowest BCUT2D eigenvalue weighted by Crippen LogP contribution is -2.49. The van der Waals surface area contributed by atoms with Crippen molar-refractivity contribution in [3.8, 4) is 46.3 Å². The number of carbonyl (C=O) groups is 2. The quantitative estimate of drug-likeness (QED) is 0.149. The Balaban J connectivity index is 1.67. The second kappa shape index (κ2) is 18.1. The van der Waals surface area contributed by atoms with E-state index in [1.54, 1.807) is 26.4 Å². The molecule has 0 bridgehead atoms. The molecular weight excluding hydrogens is 652 g/mol. The molecule has 0 aliphatic carbocycles. The van der Waals surface area contributed by atoms with Crippen LogP contribution in [0, 0.1) is 25.7 Å². The SMILES string of the molecule is COC(=O)N(CC#Cc1cc(OCc2ccccc2)c(OC)c(C)c1OC)C(Cc1cc(OCc2ccccc2)c(OC)c(C)c1OC)C(N)=O. The molecule has 268 valence electrons. The molecule has 0 spiro atoms. The number of benzene rings is 4. The van der Waals surface area contributed by atoms with E-state index < -0.39 is 18.0 Å². The molecule has 1 atom stereocenters. The number of nitrogens with two attached hydrogens (primary N) is 1. The summed E-state index contributed by atoms with van der Waals surface area (Å²) in [5.41, 5.74) is 10.3. The number of rotatable bonds is 15. The first-order valence-corrected chi connectivity index (χ1v) is 16.1. The van der Waals surface area contributed by atoms with Gasteiger partial charge in [0.2, 0.25) is 5.91 Å². The third-order valence-corrected chi connectivity index (χ3v) is 8.22. The molecule has 0 saturated heterocycles. The minimum absolute atomic E-state index is 0.0236. The Morgan fingerprint density at radius 1 is 0.706 bits per heavy atom. The predicted molar refractivity (Wildman–Crippen MR) is 193 cm³/mol. The third kappa shape index (κ3) is 9.16. The van der Waals surface area contributed by atoms with Crippen molar-refractivity contribution < 1.29 is 42.7 Å². The fourth-order valence-corrected chi connectivity index (χ4v) is 5.77. The molecule has 2 amide bonds. The van der Waals surface area contributed by atoms with Crippen LogP contribution < -0.4 is 34.2 Å². The summed E-state index contributed by atoms with van der Waals surface area (Å²) in [6, 6.07) is 21.7. The lowest BCUT2D eigenvalue weighted by Gasteiger charge is -2.28. The van der Waals surface area contributed by atoms with Crippen molar-refractivity contribution in [1.29, 1.82) is 0 Å². The third-order valence-electron chi connectivity index (χ3n) is 8.22. The van der Waals surface area contributed by atoms with Crippen molar-refractivity contribution in [3.05, 3.63) is 106 Å². The van der Waals surface area contributed by atoms with Crippen LogP contribution in [0.4, 0.5) is 4.79 Å². The van der Waals surface area contributed by atoms with E-state index in [4.69, 9.17) is 38.9 Å². The zero-order valence-corrected chi connectivity index (χ0v) is 30.0. The second-order valence-electron chi connectivity index (χ2n) is 11.4. The van der Waals surface area contributed by atoms with E-state index in [1.165, 1.54) is 26.2 Å². The van der Waals surface area contributed by atoms with Crippen LogP contribution in [0.1, 0.15) is 33.4 Å². The van der Waals surface area contributed by atoms with Crippen LogP contribution in [0.2, 0.25) is 0 Å². The highest BCUT2D eigenvalue weighted by Crippen LogP contribution is 2.42. The zero-order valence-electron chi connectivity index (χ0n) is 30.0. The number of nitrogens with zero attached hydrogens (tertiary/aromatic N) is 1. The summed E-state index contributed by atoms with van der Waals surface area (Å²) in [5.74, 6) is 8.15. The first kappa shape index (κ1) is 37.8. The Kier molecular flexibility index (Phi) is 13.4. The summed E-state index contributed by atoms with van der Waals surface area (Å²) in [6.07, 6.45) is -0.813. The van der Waals surface area contributed by atoms with E-state index in [9.17, 15) is 9.59 Å². The van der Waals surface area contributed by atoms with Gasteiger partial charge in [0.1, 0.15) is 30.8 Å². The molecule has 4 aromatic rings. The van der Waals surface area contributed by atoms with E-state index >= 15 is 0 Å². The largest absolute Gasteiger partial charge is 0.496 e. The molecule has 0 saturated carbocycles. The average Bonchev–Trinajstić information content (AvgIpc) is 3.14. The standard InChI is InChI=1S/C40H44N2O9/c1-26-35(45-3)30(22-33(37(26)47-5)50-24-28-15-10-8-11-16-28)19-14-20-42(40(44)49-7)32(39(41)43)21-31-23-34(38(48-6)27(2)36(31)46-4)51-25-29-17-12-9-13-18-29/h8-13,15-18,22-23,32H,20-21,24-25H2,1-7H3,(H2,41,43). The van der Waals surface area contributed by atoms with Crippen LogP contribution in [-0.2, 0) is 29.2 Å². The molecule has 4 aromatic carbocycles. The normalized spacial score (nSPS) is 11.0. The number of methoxy groups -OCH3 is 5. The highest BCUT2D eigenvalue weighted by Gasteiger charge is 2.31. The van der Waals surface area contributed by atoms with Gasteiger partial charge in [0.15, 0.2) is 23.0 Å². The van der Waals surface area contributed by atoms with Gasteiger partial charge in [0.05, 0.1) is 47.7 Å². The van der Waals surface area contributed by atoms with E-state index in [1.807, 2.05) is 74.5 Å². The monoisotopic (exact) mass is 696 g/mol. The maximum Gasteiger partial charge on any atom is 0.410 e. The van der Waals surface area contributed by atoms with E-state index in [-0.39, 0.29) is 19.6 Å². The van der Waals surface area contributed by atoms with Gasteiger partial charge >= 0.3 is 6.09 Å². The summed E-state index contributed by atoms with van der Waals surface area (Å²) >= 11 is 0. The van der Waals surface area contributed by atoms with Gasteiger partial charge in [-0.05, 0) is 31.0 Å². The van der Waals surface area contributed by atoms with Gasteiger partial charge in [0.25, 0.3) is 0 Å². The van der Waals surface area contributed by atoms with Gasteiger partial charge in [-0.3, -0.25) is 9.69 Å². The molecule has 0 aliphatic heterocycles. The summed E-state index contributed by atoms with van der Waals surface area (Å²) in [4.78, 5) is 27.4. The second-order valence-corrected chi connectivity index (χ2v) is 11.4. The van der Waals surface area contributed by atoms with Crippen molar-refractivity contribution in [2.45, 2.75) is 39.5 Å². The number of amides is 2. The maximum absolute atomic E-state index is 13.2. The molecule has 1 unspecified atom stereocenters. The zero-order chi connectivity index (χ0) is 36.9. The van der Waals surface area contributed by atoms with Crippen LogP contribution in [0.5, 0.6) is 34.5 Å². The molecule has 0 heterocycles. The summed E-state index contributed by atoms with van der Waals surface area (Å²) in [6.45, 7) is 4.04. The lowest BCUT2D eigenvalue weighted by molar-refractivity contribution is -0.122. The van der Waals surface area contributed by atoms with Crippen molar-refractivity contribution in [2.75, 3.05) is 42.1 Å². The van der Waals surface area contributed by atoms with Crippen LogP contribution in [0.25, 0.3) is 0 Å². The Morgan fingerprint density at radius 2 is 1.20 bits per heavy atom. The minimum Gasteiger partial charge on any atom is -0.496 e. The fraction of sp³-hybridized carbons (Fsp3) is 0.300. The van der Waals surface area contributed by atoms with Gasteiger partial charge < -0.3 is 38.9 Å². The molecule has 0 radical (unpaired) electrons. The molecule has 0 fully saturated rings. The predicted octanol–water partition coefficient (Wildman–Crippen LogP) is 6.01. The van der Waals surface area contributed by atoms with Crippen LogP contribution in [-0.4, -0.2) is 65.0 Å². The van der Waals surface area contributed by atoms with Gasteiger partial charge in [0, 0.05) is 29.2 Å². The maximum atomic E-state index is 13.2. The Bertz CT molecular complexity index is 1870. The number of hydrogen-bond donors (Lipinski definition) is 1. The minimum atomic E-state index is -1.17. The molecule has 11 nitrogen and oxygen atoms in total. The van der Waals surface area contributed by atoms with Gasteiger partial charge in [-0.2, -0.15) is 0 Å². The Morgan fingerprint density at radius 3 is 1.67 bits per heavy atom. The molecule has 0 aromatic heterocycles. The van der Waals surface area contributed by atoms with Crippen LogP contribution in [0.3, 0.4) is 0 Å². The highest BCUT2D eigenvalue weighted by molar-refractivity contribution is 5.85. The van der Waals surface area contributed by atoms with Gasteiger partial charge in [-0.25, -0.2) is 4.79 Å². The van der Waals surface area contributed by atoms with E-state index in [2.05, 4.69) is 11.8 Å². The average molecular weight is 697 g/mol. The number of ether oxygens (including phenoxy) is 7. The molecule has 51 heavy (non-hydrogen) atoms. The Hall–Kier alpha value is -6.02. The lowest BCUT2D eigenvalue weighted by atomic mass is 9.99. The topological polar surface area (TPSA) is 128 Å². The van der Waals surface area contributed by atoms with Crippen molar-refractivity contribution >= 4 is 12.0 Å². The Labute approximate surface area is 299 Å². The van der Waals surface area contributed by atoms with Crippen molar-refractivity contribution in [3.63, 3.8) is 0 Å². The molecule has 4 rings (SSSR count). The van der Waals surface area contributed by atoms with Crippen LogP contribution >= 0.6 is 0 Å². The first-order valence-electron chi connectivity index (χ1n) is 16.1. The fourth-order valence-electron chi connectivity index (χ4n) is 5.77. The number of carbonyl (C=O) groups excluding carboxylic acids is 2. The summed E-state index contributed by atoms with van der Waals surface area (Å²) in [5, 5.41) is 0. The number of hydrogen-bond acceptors (Lipinski definition) is 9. The smallest absolute Gasteiger partial charge is 0.410 e. The molecule has 2 N–H and O–H groups in total. The summed E-state index contributed by atoms with van der Waals surface area (Å²) < 4.78 is 40.1. The first-order chi connectivity index (χ1) is 24.7. The van der Waals surface area contributed by atoms with Crippen LogP contribution in [0.15, 0.2) is 72.8 Å². The number of primary amides is 1. The van der Waals surface area contributed by atoms with Crippen molar-refractivity contribution in [2.24, 2.45) is 5.73 Å². The van der Waals surface area contributed by atoms with Gasteiger partial charge in [-0.15, -0.1) is 0 Å². The van der Waals surface area contributed by atoms with E-state index in [0.29, 0.717) is 63.4 Å². The molecule has 11 heteroatoms. The molecular formula is C40H44N2O9. The van der Waals surface area contributed by atoms with Gasteiger partial charge in [-0.1, -0.05) is 72.5 Å². The summed E-state index contributed by atoms with van der Waals surface area (Å²) in [7, 11) is 7.36. The molecule has 0 aliphatic rings. The van der Waals surface area contributed by atoms with Crippen molar-refractivity contribution in [1.82, 2.24) is 4.90 Å². The highest BCUT2D eigenvalue weighted by atomic mass is 16.5. The van der Waals surface area contributed by atoms with E-state index in [0.717, 1.165) is 11.1 Å².